The van der Waals surface area contributed by atoms with E-state index in [-0.39, 0.29) is 11.5 Å². The van der Waals surface area contributed by atoms with E-state index in [9.17, 15) is 0 Å². The van der Waals surface area contributed by atoms with Gasteiger partial charge in [0, 0.05) is 16.8 Å². The van der Waals surface area contributed by atoms with Crippen molar-refractivity contribution in [3.63, 3.8) is 0 Å². The number of ether oxygens (including phenoxy) is 1. The van der Waals surface area contributed by atoms with E-state index in [4.69, 9.17) is 4.74 Å². The number of nitrogens with zero attached hydrogens (tertiary/aromatic N) is 3. The van der Waals surface area contributed by atoms with E-state index in [0.29, 0.717) is 0 Å². The van der Waals surface area contributed by atoms with Gasteiger partial charge in [-0.3, -0.25) is 0 Å². The van der Waals surface area contributed by atoms with E-state index in [1.165, 1.54) is 11.1 Å². The van der Waals surface area contributed by atoms with Crippen molar-refractivity contribution in [2.75, 3.05) is 0 Å². The third-order valence-electron chi connectivity index (χ3n) is 4.72. The molecule has 0 aliphatic rings. The van der Waals surface area contributed by atoms with E-state index < -0.39 is 0 Å². The standard InChI is InChI=1S/C23H28BrN3OS/c1-6-27-21(16(2)28-20-12-10-18(11-13-20)23(3,4)5)25-26-22(27)29-15-17-8-7-9-19(24)14-17/h7-14,16H,6,15H2,1-5H3. The number of rotatable bonds is 7. The SMILES string of the molecule is CCn1c(SCc2cccc(Br)c2)nnc1C(C)Oc1ccc(C(C)(C)C)cc1. The number of halogens is 1. The Balaban J connectivity index is 1.70. The van der Waals surface area contributed by atoms with Gasteiger partial charge in [-0.15, -0.1) is 10.2 Å². The Labute approximate surface area is 186 Å². The van der Waals surface area contributed by atoms with Gasteiger partial charge in [0.05, 0.1) is 0 Å². The summed E-state index contributed by atoms with van der Waals surface area (Å²) in [6.45, 7) is 11.6. The van der Waals surface area contributed by atoms with Crippen LogP contribution in [0, 0.1) is 0 Å². The van der Waals surface area contributed by atoms with E-state index in [1.807, 2.05) is 25.1 Å². The predicted octanol–water partition coefficient (Wildman–Crippen LogP) is 6.79. The molecule has 1 aromatic heterocycles. The quantitative estimate of drug-likeness (QED) is 0.354. The van der Waals surface area contributed by atoms with Crippen LogP contribution in [0.2, 0.25) is 0 Å². The summed E-state index contributed by atoms with van der Waals surface area (Å²) in [6, 6.07) is 16.7. The fraction of sp³-hybridized carbons (Fsp3) is 0.391. The van der Waals surface area contributed by atoms with Crippen LogP contribution >= 0.6 is 27.7 Å². The van der Waals surface area contributed by atoms with Gasteiger partial charge >= 0.3 is 0 Å². The molecule has 29 heavy (non-hydrogen) atoms. The van der Waals surface area contributed by atoms with Crippen molar-refractivity contribution in [2.24, 2.45) is 0 Å². The summed E-state index contributed by atoms with van der Waals surface area (Å²) in [4.78, 5) is 0. The van der Waals surface area contributed by atoms with Crippen molar-refractivity contribution < 1.29 is 4.74 Å². The van der Waals surface area contributed by atoms with Crippen molar-refractivity contribution in [3.05, 3.63) is 70.0 Å². The van der Waals surface area contributed by atoms with Crippen LogP contribution in [0.4, 0.5) is 0 Å². The van der Waals surface area contributed by atoms with Gasteiger partial charge in [-0.05, 0) is 54.7 Å². The molecule has 0 saturated carbocycles. The smallest absolute Gasteiger partial charge is 0.191 e. The van der Waals surface area contributed by atoms with Gasteiger partial charge in [-0.1, -0.05) is 72.7 Å². The monoisotopic (exact) mass is 473 g/mol. The summed E-state index contributed by atoms with van der Waals surface area (Å²) in [7, 11) is 0. The van der Waals surface area contributed by atoms with Crippen molar-refractivity contribution in [1.29, 1.82) is 0 Å². The highest BCUT2D eigenvalue weighted by molar-refractivity contribution is 9.10. The molecule has 0 fully saturated rings. The highest BCUT2D eigenvalue weighted by Crippen LogP contribution is 2.29. The van der Waals surface area contributed by atoms with E-state index in [0.717, 1.165) is 33.5 Å². The maximum absolute atomic E-state index is 6.16. The Morgan fingerprint density at radius 2 is 1.83 bits per heavy atom. The minimum atomic E-state index is -0.178. The minimum absolute atomic E-state index is 0.132. The van der Waals surface area contributed by atoms with Crippen molar-refractivity contribution in [1.82, 2.24) is 14.8 Å². The van der Waals surface area contributed by atoms with Crippen LogP contribution in [0.5, 0.6) is 5.75 Å². The van der Waals surface area contributed by atoms with Crippen LogP contribution in [0.25, 0.3) is 0 Å². The molecule has 4 nitrogen and oxygen atoms in total. The van der Waals surface area contributed by atoms with Crippen LogP contribution < -0.4 is 4.74 Å². The lowest BCUT2D eigenvalue weighted by Crippen LogP contribution is -2.13. The fourth-order valence-corrected chi connectivity index (χ4v) is 4.47. The zero-order valence-electron chi connectivity index (χ0n) is 17.6. The lowest BCUT2D eigenvalue weighted by Gasteiger charge is -2.20. The molecule has 0 aliphatic heterocycles. The van der Waals surface area contributed by atoms with E-state index in [2.05, 4.69) is 88.7 Å². The summed E-state index contributed by atoms with van der Waals surface area (Å²) in [6.07, 6.45) is -0.178. The van der Waals surface area contributed by atoms with Crippen LogP contribution in [-0.4, -0.2) is 14.8 Å². The van der Waals surface area contributed by atoms with Crippen molar-refractivity contribution >= 4 is 27.7 Å². The second-order valence-corrected chi connectivity index (χ2v) is 9.90. The minimum Gasteiger partial charge on any atom is -0.483 e. The largest absolute Gasteiger partial charge is 0.483 e. The number of thioether (sulfide) groups is 1. The molecule has 0 N–H and O–H groups in total. The van der Waals surface area contributed by atoms with Crippen LogP contribution in [-0.2, 0) is 17.7 Å². The van der Waals surface area contributed by atoms with Gasteiger partial charge in [0.15, 0.2) is 17.1 Å². The Kier molecular flexibility index (Phi) is 7.06. The van der Waals surface area contributed by atoms with Crippen molar-refractivity contribution in [3.8, 4) is 5.75 Å². The first kappa shape index (κ1) is 21.9. The molecule has 154 valence electrons. The topological polar surface area (TPSA) is 39.9 Å². The molecule has 3 aromatic rings. The Bertz CT molecular complexity index is 948. The number of benzene rings is 2. The summed E-state index contributed by atoms with van der Waals surface area (Å²) in [5, 5.41) is 9.76. The lowest BCUT2D eigenvalue weighted by atomic mass is 9.87. The molecule has 0 radical (unpaired) electrons. The molecular weight excluding hydrogens is 446 g/mol. The Hall–Kier alpha value is -1.79. The van der Waals surface area contributed by atoms with Gasteiger partial charge in [0.2, 0.25) is 0 Å². The molecule has 1 atom stereocenters. The first-order valence-corrected chi connectivity index (χ1v) is 11.6. The summed E-state index contributed by atoms with van der Waals surface area (Å²) in [5.74, 6) is 2.55. The van der Waals surface area contributed by atoms with Gasteiger partial charge in [-0.2, -0.15) is 0 Å². The third kappa shape index (κ3) is 5.64. The number of hydrogen-bond donors (Lipinski definition) is 0. The second-order valence-electron chi connectivity index (χ2n) is 8.04. The molecule has 0 spiro atoms. The van der Waals surface area contributed by atoms with Gasteiger partial charge < -0.3 is 9.30 Å². The van der Waals surface area contributed by atoms with Crippen LogP contribution in [0.3, 0.4) is 0 Å². The van der Waals surface area contributed by atoms with E-state index in [1.54, 1.807) is 11.8 Å². The first-order chi connectivity index (χ1) is 13.8. The third-order valence-corrected chi connectivity index (χ3v) is 6.25. The molecule has 1 heterocycles. The van der Waals surface area contributed by atoms with Crippen molar-refractivity contribution in [2.45, 2.75) is 63.6 Å². The van der Waals surface area contributed by atoms with Crippen LogP contribution in [0.1, 0.15) is 57.7 Å². The highest BCUT2D eigenvalue weighted by atomic mass is 79.9. The molecule has 0 aliphatic carbocycles. The molecule has 0 amide bonds. The predicted molar refractivity (Wildman–Crippen MR) is 124 cm³/mol. The zero-order valence-corrected chi connectivity index (χ0v) is 20.0. The average molecular weight is 474 g/mol. The first-order valence-electron chi connectivity index (χ1n) is 9.85. The Morgan fingerprint density at radius 3 is 2.45 bits per heavy atom. The molecule has 6 heteroatoms. The molecular formula is C23H28BrN3OS. The van der Waals surface area contributed by atoms with Gasteiger partial charge in [0.1, 0.15) is 5.75 Å². The maximum Gasteiger partial charge on any atom is 0.191 e. The summed E-state index contributed by atoms with van der Waals surface area (Å²) >= 11 is 5.22. The maximum atomic E-state index is 6.16. The average Bonchev–Trinajstić information content (AvgIpc) is 3.09. The van der Waals surface area contributed by atoms with E-state index >= 15 is 0 Å². The normalized spacial score (nSPS) is 12.8. The summed E-state index contributed by atoms with van der Waals surface area (Å²) in [5.41, 5.74) is 2.67. The zero-order chi connectivity index (χ0) is 21.0. The molecule has 2 aromatic carbocycles. The van der Waals surface area contributed by atoms with Gasteiger partial charge in [0.25, 0.3) is 0 Å². The molecule has 3 rings (SSSR count). The fourth-order valence-electron chi connectivity index (χ4n) is 3.07. The van der Waals surface area contributed by atoms with Crippen LogP contribution in [0.15, 0.2) is 58.2 Å². The molecule has 1 unspecified atom stereocenters. The molecule has 0 saturated heterocycles. The van der Waals surface area contributed by atoms with Gasteiger partial charge in [-0.25, -0.2) is 0 Å². The Morgan fingerprint density at radius 1 is 1.10 bits per heavy atom. The molecule has 0 bridgehead atoms. The summed E-state index contributed by atoms with van der Waals surface area (Å²) < 4.78 is 9.39. The second kappa shape index (κ2) is 9.35. The highest BCUT2D eigenvalue weighted by Gasteiger charge is 2.19. The lowest BCUT2D eigenvalue weighted by molar-refractivity contribution is 0.210. The number of hydrogen-bond acceptors (Lipinski definition) is 4. The number of aromatic nitrogens is 3.